The van der Waals surface area contributed by atoms with Crippen LogP contribution >= 0.6 is 0 Å². The predicted octanol–water partition coefficient (Wildman–Crippen LogP) is 3.29. The Kier molecular flexibility index (Phi) is 5.26. The molecule has 1 heterocycles. The fourth-order valence-electron chi connectivity index (χ4n) is 3.47. The number of nitrogens with zero attached hydrogens (tertiary/aromatic N) is 2. The molecular weight excluding hydrogens is 319 g/mol. The highest BCUT2D eigenvalue weighted by Gasteiger charge is 2.36. The van der Waals surface area contributed by atoms with Crippen molar-refractivity contribution < 1.29 is 9.18 Å². The van der Waals surface area contributed by atoms with E-state index in [-0.39, 0.29) is 17.1 Å². The summed E-state index contributed by atoms with van der Waals surface area (Å²) in [6.45, 7) is 3.22. The number of amides is 1. The van der Waals surface area contributed by atoms with Gasteiger partial charge in [-0.3, -0.25) is 4.79 Å². The molecule has 0 saturated heterocycles. The highest BCUT2D eigenvalue weighted by atomic mass is 19.1. The molecule has 25 heavy (non-hydrogen) atoms. The van der Waals surface area contributed by atoms with Crippen LogP contribution in [0.4, 0.5) is 10.3 Å². The summed E-state index contributed by atoms with van der Waals surface area (Å²) >= 11 is 0. The molecule has 0 aliphatic heterocycles. The van der Waals surface area contributed by atoms with Crippen LogP contribution in [0, 0.1) is 5.82 Å². The van der Waals surface area contributed by atoms with Crippen molar-refractivity contribution >= 4 is 11.9 Å². The standard InChI is InChI=1S/C19H23FN4O/c1-2-21-18-22-11-14(12-23-18)17(25)24-13-19(9-3-4-10-19)15-5-7-16(20)8-6-15/h5-8,11-12H,2-4,9-10,13H2,1H3,(H,24,25)(H,21,22,23). The third-order valence-electron chi connectivity index (χ3n) is 4.85. The Morgan fingerprint density at radius 3 is 2.40 bits per heavy atom. The molecule has 1 aliphatic carbocycles. The molecule has 5 nitrogen and oxygen atoms in total. The van der Waals surface area contributed by atoms with Gasteiger partial charge in [-0.25, -0.2) is 14.4 Å². The molecule has 0 radical (unpaired) electrons. The van der Waals surface area contributed by atoms with Crippen molar-refractivity contribution in [1.82, 2.24) is 15.3 Å². The molecule has 1 fully saturated rings. The minimum absolute atomic E-state index is 0.117. The zero-order valence-electron chi connectivity index (χ0n) is 14.4. The summed E-state index contributed by atoms with van der Waals surface area (Å²) in [5, 5.41) is 6.01. The first-order valence-electron chi connectivity index (χ1n) is 8.73. The van der Waals surface area contributed by atoms with Crippen LogP contribution in [0.15, 0.2) is 36.7 Å². The molecule has 3 rings (SSSR count). The average Bonchev–Trinajstić information content (AvgIpc) is 3.11. The molecular formula is C19H23FN4O. The van der Waals surface area contributed by atoms with E-state index in [2.05, 4.69) is 20.6 Å². The Morgan fingerprint density at radius 1 is 1.16 bits per heavy atom. The largest absolute Gasteiger partial charge is 0.355 e. The van der Waals surface area contributed by atoms with E-state index in [4.69, 9.17) is 0 Å². The SMILES string of the molecule is CCNc1ncc(C(=O)NCC2(c3ccc(F)cc3)CCCC2)cn1. The maximum absolute atomic E-state index is 13.2. The van der Waals surface area contributed by atoms with Crippen LogP contribution in [0.25, 0.3) is 0 Å². The van der Waals surface area contributed by atoms with Crippen molar-refractivity contribution in [2.45, 2.75) is 38.0 Å². The summed E-state index contributed by atoms with van der Waals surface area (Å²) in [6, 6.07) is 6.65. The van der Waals surface area contributed by atoms with Gasteiger partial charge in [0.2, 0.25) is 5.95 Å². The maximum Gasteiger partial charge on any atom is 0.254 e. The molecule has 0 spiro atoms. The highest BCUT2D eigenvalue weighted by molar-refractivity contribution is 5.93. The van der Waals surface area contributed by atoms with E-state index in [0.717, 1.165) is 37.8 Å². The number of carbonyl (C=O) groups excluding carboxylic acids is 1. The summed E-state index contributed by atoms with van der Waals surface area (Å²) < 4.78 is 13.2. The monoisotopic (exact) mass is 342 g/mol. The Balaban J connectivity index is 1.69. The van der Waals surface area contributed by atoms with Gasteiger partial charge in [-0.15, -0.1) is 0 Å². The first kappa shape index (κ1) is 17.3. The number of aromatic nitrogens is 2. The lowest BCUT2D eigenvalue weighted by molar-refractivity contribution is 0.0942. The van der Waals surface area contributed by atoms with Crippen LogP contribution in [0.3, 0.4) is 0 Å². The Labute approximate surface area is 147 Å². The molecule has 0 bridgehead atoms. The van der Waals surface area contributed by atoms with Crippen LogP contribution in [0.2, 0.25) is 0 Å². The lowest BCUT2D eigenvalue weighted by Gasteiger charge is -2.30. The normalized spacial score (nSPS) is 15.8. The molecule has 2 N–H and O–H groups in total. The van der Waals surface area contributed by atoms with Crippen LogP contribution < -0.4 is 10.6 Å². The number of hydrogen-bond acceptors (Lipinski definition) is 4. The zero-order chi connectivity index (χ0) is 17.7. The van der Waals surface area contributed by atoms with Gasteiger partial charge in [0.25, 0.3) is 5.91 Å². The third kappa shape index (κ3) is 3.95. The number of nitrogens with one attached hydrogen (secondary N) is 2. The van der Waals surface area contributed by atoms with Crippen molar-refractivity contribution in [3.63, 3.8) is 0 Å². The van der Waals surface area contributed by atoms with Gasteiger partial charge in [-0.1, -0.05) is 25.0 Å². The first-order chi connectivity index (χ1) is 12.1. The number of benzene rings is 1. The van der Waals surface area contributed by atoms with Crippen molar-refractivity contribution in [3.05, 3.63) is 53.6 Å². The molecule has 132 valence electrons. The summed E-state index contributed by atoms with van der Waals surface area (Å²) in [7, 11) is 0. The molecule has 6 heteroatoms. The van der Waals surface area contributed by atoms with Gasteiger partial charge in [0.05, 0.1) is 5.56 Å². The Hall–Kier alpha value is -2.50. The second-order valence-electron chi connectivity index (χ2n) is 6.50. The van der Waals surface area contributed by atoms with Gasteiger partial charge in [0.15, 0.2) is 0 Å². The fraction of sp³-hybridized carbons (Fsp3) is 0.421. The quantitative estimate of drug-likeness (QED) is 0.845. The van der Waals surface area contributed by atoms with Crippen molar-refractivity contribution in [1.29, 1.82) is 0 Å². The van der Waals surface area contributed by atoms with Gasteiger partial charge in [0, 0.05) is 30.9 Å². The fourth-order valence-corrected chi connectivity index (χ4v) is 3.47. The molecule has 0 atom stereocenters. The Bertz CT molecular complexity index is 709. The van der Waals surface area contributed by atoms with Gasteiger partial charge in [-0.05, 0) is 37.5 Å². The summed E-state index contributed by atoms with van der Waals surface area (Å²) in [6.07, 6.45) is 7.28. The van der Waals surface area contributed by atoms with E-state index in [0.29, 0.717) is 18.1 Å². The van der Waals surface area contributed by atoms with Crippen LogP contribution in [0.1, 0.15) is 48.5 Å². The van der Waals surface area contributed by atoms with Gasteiger partial charge in [-0.2, -0.15) is 0 Å². The number of carbonyl (C=O) groups is 1. The lowest BCUT2D eigenvalue weighted by Crippen LogP contribution is -2.39. The number of rotatable bonds is 6. The van der Waals surface area contributed by atoms with Crippen molar-refractivity contribution in [2.24, 2.45) is 0 Å². The first-order valence-corrected chi connectivity index (χ1v) is 8.73. The molecule has 1 saturated carbocycles. The zero-order valence-corrected chi connectivity index (χ0v) is 14.4. The summed E-state index contributed by atoms with van der Waals surface area (Å²) in [5.74, 6) is 0.0907. The number of halogens is 1. The van der Waals surface area contributed by atoms with E-state index in [1.165, 1.54) is 24.5 Å². The molecule has 1 aromatic heterocycles. The van der Waals surface area contributed by atoms with Gasteiger partial charge >= 0.3 is 0 Å². The molecule has 2 aromatic rings. The molecule has 1 aliphatic rings. The molecule has 1 aromatic carbocycles. The van der Waals surface area contributed by atoms with E-state index in [1.54, 1.807) is 0 Å². The lowest BCUT2D eigenvalue weighted by atomic mass is 9.78. The van der Waals surface area contributed by atoms with Crippen LogP contribution in [-0.2, 0) is 5.41 Å². The minimum atomic E-state index is -0.237. The number of anilines is 1. The van der Waals surface area contributed by atoms with Crippen LogP contribution in [0.5, 0.6) is 0 Å². The number of hydrogen-bond donors (Lipinski definition) is 2. The van der Waals surface area contributed by atoms with Crippen molar-refractivity contribution in [3.8, 4) is 0 Å². The maximum atomic E-state index is 13.2. The van der Waals surface area contributed by atoms with E-state index < -0.39 is 0 Å². The highest BCUT2D eigenvalue weighted by Crippen LogP contribution is 2.40. The predicted molar refractivity (Wildman–Crippen MR) is 95.1 cm³/mol. The summed E-state index contributed by atoms with van der Waals surface area (Å²) in [5.41, 5.74) is 1.41. The molecule has 0 unspecified atom stereocenters. The molecule has 1 amide bonds. The van der Waals surface area contributed by atoms with Gasteiger partial charge in [0.1, 0.15) is 5.82 Å². The summed E-state index contributed by atoms with van der Waals surface area (Å²) in [4.78, 5) is 20.7. The van der Waals surface area contributed by atoms with E-state index in [9.17, 15) is 9.18 Å². The van der Waals surface area contributed by atoms with Crippen molar-refractivity contribution in [2.75, 3.05) is 18.4 Å². The van der Waals surface area contributed by atoms with Gasteiger partial charge < -0.3 is 10.6 Å². The Morgan fingerprint density at radius 2 is 1.80 bits per heavy atom. The van der Waals surface area contributed by atoms with Crippen LogP contribution in [-0.4, -0.2) is 29.0 Å². The second-order valence-corrected chi connectivity index (χ2v) is 6.50. The minimum Gasteiger partial charge on any atom is -0.355 e. The van der Waals surface area contributed by atoms with E-state index in [1.807, 2.05) is 19.1 Å². The smallest absolute Gasteiger partial charge is 0.254 e. The second kappa shape index (κ2) is 7.59. The third-order valence-corrected chi connectivity index (χ3v) is 4.85. The average molecular weight is 342 g/mol. The van der Waals surface area contributed by atoms with E-state index >= 15 is 0 Å². The topological polar surface area (TPSA) is 66.9 Å².